The fraction of sp³-hybridized carbons (Fsp3) is 0.611. The minimum atomic E-state index is -0.208. The number of anilines is 1. The monoisotopic (exact) mass is 319 g/mol. The van der Waals surface area contributed by atoms with E-state index in [9.17, 15) is 9.18 Å². The average molecular weight is 319 g/mol. The number of hydrogen-bond acceptors (Lipinski definition) is 3. The highest BCUT2D eigenvalue weighted by Crippen LogP contribution is 2.22. The van der Waals surface area contributed by atoms with Crippen LogP contribution in [0.25, 0.3) is 0 Å². The molecule has 1 aromatic carbocycles. The molecule has 23 heavy (non-hydrogen) atoms. The standard InChI is InChI=1S/C18H26FN3O/c1-20-8-6-15(7-9-20)14-18(23)22-12-10-21(11-13-22)17-4-2-16(19)3-5-17/h2-5,15H,6-14H2,1H3. The summed E-state index contributed by atoms with van der Waals surface area (Å²) in [5.74, 6) is 0.646. The molecule has 2 aliphatic rings. The van der Waals surface area contributed by atoms with Gasteiger partial charge in [0, 0.05) is 38.3 Å². The maximum atomic E-state index is 13.0. The Balaban J connectivity index is 1.46. The normalized spacial score (nSPS) is 20.8. The Kier molecular flexibility index (Phi) is 5.16. The molecule has 2 saturated heterocycles. The Bertz CT molecular complexity index is 518. The molecule has 5 heteroatoms. The summed E-state index contributed by atoms with van der Waals surface area (Å²) < 4.78 is 13.0. The third-order valence-electron chi connectivity index (χ3n) is 5.13. The van der Waals surface area contributed by atoms with Gasteiger partial charge >= 0.3 is 0 Å². The molecule has 1 aromatic rings. The molecule has 0 bridgehead atoms. The van der Waals surface area contributed by atoms with Gasteiger partial charge in [0.1, 0.15) is 5.82 Å². The Morgan fingerprint density at radius 3 is 2.26 bits per heavy atom. The van der Waals surface area contributed by atoms with Gasteiger partial charge in [-0.15, -0.1) is 0 Å². The number of rotatable bonds is 3. The fourth-order valence-electron chi connectivity index (χ4n) is 3.51. The van der Waals surface area contributed by atoms with E-state index in [1.165, 1.54) is 12.1 Å². The molecule has 2 aliphatic heterocycles. The lowest BCUT2D eigenvalue weighted by Gasteiger charge is -2.37. The van der Waals surface area contributed by atoms with Gasteiger partial charge in [-0.05, 0) is 63.2 Å². The van der Waals surface area contributed by atoms with Crippen LogP contribution >= 0.6 is 0 Å². The van der Waals surface area contributed by atoms with Crippen LogP contribution in [0.5, 0.6) is 0 Å². The van der Waals surface area contributed by atoms with Crippen LogP contribution in [0.4, 0.5) is 10.1 Å². The largest absolute Gasteiger partial charge is 0.368 e. The second-order valence-electron chi connectivity index (χ2n) is 6.80. The van der Waals surface area contributed by atoms with E-state index in [0.29, 0.717) is 18.2 Å². The number of amides is 1. The SMILES string of the molecule is CN1CCC(CC(=O)N2CCN(c3ccc(F)cc3)CC2)CC1. The van der Waals surface area contributed by atoms with Gasteiger partial charge in [0.25, 0.3) is 0 Å². The van der Waals surface area contributed by atoms with Crippen LogP contribution in [0.1, 0.15) is 19.3 Å². The molecule has 0 unspecified atom stereocenters. The van der Waals surface area contributed by atoms with E-state index in [2.05, 4.69) is 16.8 Å². The molecule has 0 atom stereocenters. The van der Waals surface area contributed by atoms with E-state index in [0.717, 1.165) is 57.8 Å². The van der Waals surface area contributed by atoms with Gasteiger partial charge in [-0.25, -0.2) is 4.39 Å². The van der Waals surface area contributed by atoms with Crippen LogP contribution in [0, 0.1) is 11.7 Å². The van der Waals surface area contributed by atoms with Gasteiger partial charge in [-0.1, -0.05) is 0 Å². The van der Waals surface area contributed by atoms with Crippen LogP contribution in [0.2, 0.25) is 0 Å². The van der Waals surface area contributed by atoms with Crippen LogP contribution in [-0.4, -0.2) is 62.0 Å². The zero-order valence-electron chi connectivity index (χ0n) is 13.9. The van der Waals surface area contributed by atoms with Crippen LogP contribution in [0.3, 0.4) is 0 Å². The predicted octanol–water partition coefficient (Wildman–Crippen LogP) is 2.21. The van der Waals surface area contributed by atoms with Crippen LogP contribution in [-0.2, 0) is 4.79 Å². The topological polar surface area (TPSA) is 26.8 Å². The first-order valence-corrected chi connectivity index (χ1v) is 8.58. The molecular weight excluding hydrogens is 293 g/mol. The van der Waals surface area contributed by atoms with E-state index in [1.54, 1.807) is 0 Å². The Morgan fingerprint density at radius 2 is 1.65 bits per heavy atom. The van der Waals surface area contributed by atoms with E-state index in [1.807, 2.05) is 17.0 Å². The number of carbonyl (C=O) groups is 1. The van der Waals surface area contributed by atoms with Crippen molar-refractivity contribution < 1.29 is 9.18 Å². The second-order valence-corrected chi connectivity index (χ2v) is 6.80. The van der Waals surface area contributed by atoms with Gasteiger partial charge in [0.2, 0.25) is 5.91 Å². The maximum Gasteiger partial charge on any atom is 0.222 e. The summed E-state index contributed by atoms with van der Waals surface area (Å²) in [5.41, 5.74) is 1.04. The van der Waals surface area contributed by atoms with Crippen molar-refractivity contribution in [1.82, 2.24) is 9.80 Å². The fourth-order valence-corrected chi connectivity index (χ4v) is 3.51. The maximum absolute atomic E-state index is 13.0. The molecule has 0 N–H and O–H groups in total. The van der Waals surface area contributed by atoms with E-state index < -0.39 is 0 Å². The highest BCUT2D eigenvalue weighted by atomic mass is 19.1. The molecule has 126 valence electrons. The first-order chi connectivity index (χ1) is 11.1. The summed E-state index contributed by atoms with van der Waals surface area (Å²) in [4.78, 5) is 19.0. The minimum absolute atomic E-state index is 0.208. The van der Waals surface area contributed by atoms with Gasteiger partial charge in [-0.3, -0.25) is 4.79 Å². The Hall–Kier alpha value is -1.62. The smallest absolute Gasteiger partial charge is 0.222 e. The van der Waals surface area contributed by atoms with E-state index >= 15 is 0 Å². The first-order valence-electron chi connectivity index (χ1n) is 8.58. The summed E-state index contributed by atoms with van der Waals surface area (Å²) in [6, 6.07) is 6.61. The highest BCUT2D eigenvalue weighted by molar-refractivity contribution is 5.76. The zero-order valence-corrected chi connectivity index (χ0v) is 13.9. The van der Waals surface area contributed by atoms with Crippen molar-refractivity contribution in [2.24, 2.45) is 5.92 Å². The quantitative estimate of drug-likeness (QED) is 0.855. The van der Waals surface area contributed by atoms with E-state index in [4.69, 9.17) is 0 Å². The van der Waals surface area contributed by atoms with Crippen molar-refractivity contribution in [3.8, 4) is 0 Å². The molecule has 4 nitrogen and oxygen atoms in total. The Morgan fingerprint density at radius 1 is 1.04 bits per heavy atom. The summed E-state index contributed by atoms with van der Waals surface area (Å²) in [6.07, 6.45) is 2.97. The Labute approximate surface area is 137 Å². The number of halogens is 1. The lowest BCUT2D eigenvalue weighted by molar-refractivity contribution is -0.132. The van der Waals surface area contributed by atoms with Crippen molar-refractivity contribution in [2.45, 2.75) is 19.3 Å². The lowest BCUT2D eigenvalue weighted by Crippen LogP contribution is -2.49. The molecule has 1 amide bonds. The molecule has 0 radical (unpaired) electrons. The molecule has 2 heterocycles. The number of piperazine rings is 1. The van der Waals surface area contributed by atoms with Gasteiger partial charge in [-0.2, -0.15) is 0 Å². The number of likely N-dealkylation sites (tertiary alicyclic amines) is 1. The molecular formula is C18H26FN3O. The zero-order chi connectivity index (χ0) is 16.2. The third-order valence-corrected chi connectivity index (χ3v) is 5.13. The number of piperidine rings is 1. The van der Waals surface area contributed by atoms with Crippen molar-refractivity contribution in [2.75, 3.05) is 51.2 Å². The van der Waals surface area contributed by atoms with Gasteiger partial charge < -0.3 is 14.7 Å². The summed E-state index contributed by atoms with van der Waals surface area (Å²) in [6.45, 7) is 5.40. The van der Waals surface area contributed by atoms with Gasteiger partial charge in [0.15, 0.2) is 0 Å². The molecule has 0 aromatic heterocycles. The molecule has 0 saturated carbocycles. The number of hydrogen-bond donors (Lipinski definition) is 0. The summed E-state index contributed by atoms with van der Waals surface area (Å²) >= 11 is 0. The number of carbonyl (C=O) groups excluding carboxylic acids is 1. The molecule has 3 rings (SSSR count). The number of benzene rings is 1. The summed E-state index contributed by atoms with van der Waals surface area (Å²) in [5, 5.41) is 0. The highest BCUT2D eigenvalue weighted by Gasteiger charge is 2.25. The lowest BCUT2D eigenvalue weighted by atomic mass is 9.93. The van der Waals surface area contributed by atoms with Crippen molar-refractivity contribution in [1.29, 1.82) is 0 Å². The molecule has 2 fully saturated rings. The minimum Gasteiger partial charge on any atom is -0.368 e. The number of nitrogens with zero attached hydrogens (tertiary/aromatic N) is 3. The predicted molar refractivity (Wildman–Crippen MR) is 90.0 cm³/mol. The second kappa shape index (κ2) is 7.30. The average Bonchev–Trinajstić information content (AvgIpc) is 2.58. The third kappa shape index (κ3) is 4.22. The van der Waals surface area contributed by atoms with Crippen LogP contribution < -0.4 is 4.90 Å². The molecule has 0 spiro atoms. The van der Waals surface area contributed by atoms with Crippen LogP contribution in [0.15, 0.2) is 24.3 Å². The molecule has 0 aliphatic carbocycles. The van der Waals surface area contributed by atoms with Gasteiger partial charge in [0.05, 0.1) is 0 Å². The first kappa shape index (κ1) is 16.2. The summed E-state index contributed by atoms with van der Waals surface area (Å²) in [7, 11) is 2.15. The van der Waals surface area contributed by atoms with Crippen molar-refractivity contribution in [3.05, 3.63) is 30.1 Å². The van der Waals surface area contributed by atoms with Crippen molar-refractivity contribution >= 4 is 11.6 Å². The van der Waals surface area contributed by atoms with E-state index in [-0.39, 0.29) is 5.82 Å². The van der Waals surface area contributed by atoms with Crippen molar-refractivity contribution in [3.63, 3.8) is 0 Å².